The highest BCUT2D eigenvalue weighted by Crippen LogP contribution is 2.26. The van der Waals surface area contributed by atoms with Crippen molar-refractivity contribution in [1.29, 1.82) is 0 Å². The van der Waals surface area contributed by atoms with Gasteiger partial charge < -0.3 is 4.90 Å². The smallest absolute Gasteiger partial charge is 0.251 e. The monoisotopic (exact) mass is 399 g/mol. The summed E-state index contributed by atoms with van der Waals surface area (Å²) in [6.07, 6.45) is 0.300. The molecule has 6 heteroatoms. The number of imide groups is 1. The van der Waals surface area contributed by atoms with Crippen LogP contribution in [0.4, 0.5) is 5.69 Å². The molecule has 5 nitrogen and oxygen atoms in total. The van der Waals surface area contributed by atoms with E-state index in [0.29, 0.717) is 12.1 Å². The fraction of sp³-hybridized carbons (Fsp3) is 0.467. The first-order valence-corrected chi connectivity index (χ1v) is 8.19. The lowest BCUT2D eigenvalue weighted by molar-refractivity contribution is -0.123. The van der Waals surface area contributed by atoms with Crippen molar-refractivity contribution in [2.45, 2.75) is 12.5 Å². The third-order valence-electron chi connectivity index (χ3n) is 4.19. The summed E-state index contributed by atoms with van der Waals surface area (Å²) in [7, 11) is 2.08. The molecule has 2 aliphatic heterocycles. The van der Waals surface area contributed by atoms with E-state index in [1.54, 1.807) is 0 Å². The molecule has 0 aliphatic carbocycles. The first-order chi connectivity index (χ1) is 10.1. The summed E-state index contributed by atoms with van der Waals surface area (Å²) in [6, 6.07) is 7.22. The molecule has 1 aromatic carbocycles. The highest BCUT2D eigenvalue weighted by atomic mass is 127. The molecule has 112 valence electrons. The SMILES string of the molecule is CN1CCN([C@@H]2CC(=O)N(c3ccc(I)cc3)C2=O)CC1. The number of carbonyl (C=O) groups is 2. The van der Waals surface area contributed by atoms with E-state index >= 15 is 0 Å². The van der Waals surface area contributed by atoms with Gasteiger partial charge in [-0.2, -0.15) is 0 Å². The third-order valence-corrected chi connectivity index (χ3v) is 4.91. The lowest BCUT2D eigenvalue weighted by Crippen LogP contribution is -2.51. The van der Waals surface area contributed by atoms with Crippen LogP contribution in [-0.4, -0.2) is 60.9 Å². The molecule has 0 radical (unpaired) electrons. The summed E-state index contributed by atoms with van der Waals surface area (Å²) < 4.78 is 1.09. The van der Waals surface area contributed by atoms with Crippen molar-refractivity contribution in [2.24, 2.45) is 0 Å². The predicted molar refractivity (Wildman–Crippen MR) is 89.1 cm³/mol. The van der Waals surface area contributed by atoms with E-state index in [9.17, 15) is 9.59 Å². The molecular formula is C15H18IN3O2. The number of likely N-dealkylation sites (N-methyl/N-ethyl adjacent to an activating group) is 1. The second-order valence-corrected chi connectivity index (χ2v) is 6.85. The van der Waals surface area contributed by atoms with Crippen LogP contribution in [0.2, 0.25) is 0 Å². The minimum absolute atomic E-state index is 0.0780. The molecule has 0 bridgehead atoms. The molecule has 1 aromatic rings. The number of carbonyl (C=O) groups excluding carboxylic acids is 2. The Balaban J connectivity index is 1.77. The highest BCUT2D eigenvalue weighted by Gasteiger charge is 2.43. The Morgan fingerprint density at radius 2 is 1.67 bits per heavy atom. The van der Waals surface area contributed by atoms with Gasteiger partial charge >= 0.3 is 0 Å². The van der Waals surface area contributed by atoms with Gasteiger partial charge in [0.15, 0.2) is 0 Å². The van der Waals surface area contributed by atoms with E-state index in [0.717, 1.165) is 29.7 Å². The van der Waals surface area contributed by atoms with Gasteiger partial charge in [0.05, 0.1) is 18.2 Å². The maximum absolute atomic E-state index is 12.6. The Labute approximate surface area is 138 Å². The van der Waals surface area contributed by atoms with Gasteiger partial charge in [-0.25, -0.2) is 4.90 Å². The van der Waals surface area contributed by atoms with Crippen LogP contribution in [0.5, 0.6) is 0 Å². The molecule has 2 heterocycles. The van der Waals surface area contributed by atoms with Gasteiger partial charge in [-0.1, -0.05) is 0 Å². The molecule has 0 saturated carbocycles. The van der Waals surface area contributed by atoms with Crippen molar-refractivity contribution >= 4 is 40.1 Å². The summed E-state index contributed by atoms with van der Waals surface area (Å²) in [4.78, 5) is 30.6. The molecule has 2 aliphatic rings. The molecular weight excluding hydrogens is 381 g/mol. The van der Waals surface area contributed by atoms with Crippen LogP contribution in [-0.2, 0) is 9.59 Å². The van der Waals surface area contributed by atoms with Crippen molar-refractivity contribution in [2.75, 3.05) is 38.1 Å². The average Bonchev–Trinajstić information content (AvgIpc) is 2.76. The van der Waals surface area contributed by atoms with E-state index in [4.69, 9.17) is 0 Å². The zero-order valence-electron chi connectivity index (χ0n) is 12.0. The van der Waals surface area contributed by atoms with Crippen molar-refractivity contribution in [3.63, 3.8) is 0 Å². The number of amides is 2. The number of halogens is 1. The summed E-state index contributed by atoms with van der Waals surface area (Å²) in [5.41, 5.74) is 0.682. The van der Waals surface area contributed by atoms with Gasteiger partial charge in [-0.15, -0.1) is 0 Å². The molecule has 0 unspecified atom stereocenters. The molecule has 1 atom stereocenters. The maximum atomic E-state index is 12.6. The highest BCUT2D eigenvalue weighted by molar-refractivity contribution is 14.1. The second kappa shape index (κ2) is 6.02. The van der Waals surface area contributed by atoms with E-state index in [1.165, 1.54) is 4.90 Å². The predicted octanol–water partition coefficient (Wildman–Crippen LogP) is 1.17. The average molecular weight is 399 g/mol. The molecule has 2 saturated heterocycles. The number of nitrogens with zero attached hydrogens (tertiary/aromatic N) is 3. The Hall–Kier alpha value is -0.990. The minimum atomic E-state index is -0.287. The largest absolute Gasteiger partial charge is 0.304 e. The minimum Gasteiger partial charge on any atom is -0.304 e. The molecule has 0 N–H and O–H groups in total. The summed E-state index contributed by atoms with van der Waals surface area (Å²) in [5, 5.41) is 0. The number of hydrogen-bond donors (Lipinski definition) is 0. The van der Waals surface area contributed by atoms with Crippen LogP contribution in [0.25, 0.3) is 0 Å². The first kappa shape index (κ1) is 14.9. The Kier molecular flexibility index (Phi) is 4.28. The summed E-state index contributed by atoms with van der Waals surface area (Å²) in [6.45, 7) is 3.59. The molecule has 0 spiro atoms. The van der Waals surface area contributed by atoms with Crippen LogP contribution in [0.15, 0.2) is 24.3 Å². The van der Waals surface area contributed by atoms with Crippen LogP contribution in [0, 0.1) is 3.57 Å². The van der Waals surface area contributed by atoms with Crippen molar-refractivity contribution in [3.05, 3.63) is 27.8 Å². The number of rotatable bonds is 2. The van der Waals surface area contributed by atoms with Gasteiger partial charge in [0.25, 0.3) is 5.91 Å². The standard InChI is InChI=1S/C15H18IN3O2/c1-17-6-8-18(9-7-17)13-10-14(20)19(15(13)21)12-4-2-11(16)3-5-12/h2-5,13H,6-10H2,1H3/t13-/m1/s1. The van der Waals surface area contributed by atoms with Crippen molar-refractivity contribution < 1.29 is 9.59 Å². The topological polar surface area (TPSA) is 43.9 Å². The van der Waals surface area contributed by atoms with Crippen molar-refractivity contribution in [3.8, 4) is 0 Å². The maximum Gasteiger partial charge on any atom is 0.251 e. The summed E-state index contributed by atoms with van der Waals surface area (Å²) >= 11 is 2.21. The number of piperazine rings is 1. The normalized spacial score (nSPS) is 24.9. The van der Waals surface area contributed by atoms with Crippen LogP contribution < -0.4 is 4.90 Å². The zero-order valence-corrected chi connectivity index (χ0v) is 14.1. The zero-order chi connectivity index (χ0) is 15.0. The van der Waals surface area contributed by atoms with Crippen molar-refractivity contribution in [1.82, 2.24) is 9.80 Å². The first-order valence-electron chi connectivity index (χ1n) is 7.11. The molecule has 2 fully saturated rings. The van der Waals surface area contributed by atoms with Gasteiger partial charge in [-0.3, -0.25) is 14.5 Å². The second-order valence-electron chi connectivity index (χ2n) is 5.60. The molecule has 2 amide bonds. The fourth-order valence-corrected chi connectivity index (χ4v) is 3.26. The van der Waals surface area contributed by atoms with Gasteiger partial charge in [0.1, 0.15) is 0 Å². The van der Waals surface area contributed by atoms with Crippen LogP contribution >= 0.6 is 22.6 Å². The van der Waals surface area contributed by atoms with E-state index in [-0.39, 0.29) is 17.9 Å². The fourth-order valence-electron chi connectivity index (χ4n) is 2.90. The number of anilines is 1. The van der Waals surface area contributed by atoms with Crippen LogP contribution in [0.1, 0.15) is 6.42 Å². The third kappa shape index (κ3) is 2.97. The Morgan fingerprint density at radius 3 is 2.29 bits per heavy atom. The Bertz CT molecular complexity index is 553. The van der Waals surface area contributed by atoms with E-state index in [2.05, 4.69) is 39.4 Å². The van der Waals surface area contributed by atoms with E-state index < -0.39 is 0 Å². The summed E-state index contributed by atoms with van der Waals surface area (Å²) in [5.74, 6) is -0.170. The Morgan fingerprint density at radius 1 is 1.05 bits per heavy atom. The number of hydrogen-bond acceptors (Lipinski definition) is 4. The number of benzene rings is 1. The quantitative estimate of drug-likeness (QED) is 0.554. The van der Waals surface area contributed by atoms with E-state index in [1.807, 2.05) is 24.3 Å². The van der Waals surface area contributed by atoms with Gasteiger partial charge in [0, 0.05) is 29.7 Å². The molecule has 3 rings (SSSR count). The molecule has 0 aromatic heterocycles. The van der Waals surface area contributed by atoms with Crippen LogP contribution in [0.3, 0.4) is 0 Å². The lowest BCUT2D eigenvalue weighted by atomic mass is 10.2. The lowest BCUT2D eigenvalue weighted by Gasteiger charge is -2.35. The van der Waals surface area contributed by atoms with Gasteiger partial charge in [-0.05, 0) is 53.9 Å². The van der Waals surface area contributed by atoms with Gasteiger partial charge in [0.2, 0.25) is 5.91 Å². The molecule has 21 heavy (non-hydrogen) atoms.